The lowest BCUT2D eigenvalue weighted by Crippen LogP contribution is -2.40. The van der Waals surface area contributed by atoms with E-state index in [1.165, 1.54) is 36.3 Å². The second-order valence-electron chi connectivity index (χ2n) is 7.42. The molecule has 164 valence electrons. The van der Waals surface area contributed by atoms with Gasteiger partial charge in [0.15, 0.2) is 9.84 Å². The van der Waals surface area contributed by atoms with Crippen LogP contribution in [0.5, 0.6) is 5.75 Å². The minimum absolute atomic E-state index is 0.0814. The number of carbonyl (C=O) groups excluding carboxylic acids is 1. The van der Waals surface area contributed by atoms with Crippen molar-refractivity contribution in [2.75, 3.05) is 32.2 Å². The molecule has 0 radical (unpaired) electrons. The summed E-state index contributed by atoms with van der Waals surface area (Å²) in [5, 5.41) is 4.43. The van der Waals surface area contributed by atoms with E-state index in [2.05, 4.69) is 15.1 Å². The SMILES string of the molecule is COc1cc(N)c(Cl)cc1C(=O)N1CCC[C@H](c2c(S(C)(=O)=O)cnc3ncnn23)C1. The Balaban J connectivity index is 1.73. The number of carbonyl (C=O) groups is 1. The Labute approximate surface area is 183 Å². The van der Waals surface area contributed by atoms with E-state index < -0.39 is 9.84 Å². The van der Waals surface area contributed by atoms with Gasteiger partial charge >= 0.3 is 0 Å². The van der Waals surface area contributed by atoms with Gasteiger partial charge in [0, 0.05) is 31.3 Å². The summed E-state index contributed by atoms with van der Waals surface area (Å²) in [6.45, 7) is 0.811. The zero-order valence-corrected chi connectivity index (χ0v) is 18.5. The van der Waals surface area contributed by atoms with Gasteiger partial charge < -0.3 is 15.4 Å². The fraction of sp³-hybridized carbons (Fsp3) is 0.368. The third-order valence-electron chi connectivity index (χ3n) is 5.35. The number of nitrogens with two attached hydrogens (primary N) is 1. The van der Waals surface area contributed by atoms with Crippen molar-refractivity contribution < 1.29 is 17.9 Å². The molecule has 0 aliphatic carbocycles. The molecule has 31 heavy (non-hydrogen) atoms. The van der Waals surface area contributed by atoms with Crippen molar-refractivity contribution in [3.63, 3.8) is 0 Å². The van der Waals surface area contributed by atoms with E-state index in [0.717, 1.165) is 6.26 Å². The molecule has 0 spiro atoms. The maximum Gasteiger partial charge on any atom is 0.257 e. The molecule has 0 saturated carbocycles. The Morgan fingerprint density at radius 2 is 2.10 bits per heavy atom. The second kappa shape index (κ2) is 7.97. The van der Waals surface area contributed by atoms with Crippen LogP contribution >= 0.6 is 11.6 Å². The maximum atomic E-state index is 13.3. The summed E-state index contributed by atoms with van der Waals surface area (Å²) in [4.78, 5) is 23.2. The molecule has 1 aromatic carbocycles. The van der Waals surface area contributed by atoms with E-state index in [1.54, 1.807) is 4.90 Å². The van der Waals surface area contributed by atoms with E-state index in [4.69, 9.17) is 22.1 Å². The molecule has 1 aliphatic heterocycles. The van der Waals surface area contributed by atoms with Gasteiger partial charge in [-0.1, -0.05) is 11.6 Å². The lowest BCUT2D eigenvalue weighted by atomic mass is 9.93. The molecule has 0 unspecified atom stereocenters. The minimum Gasteiger partial charge on any atom is -0.496 e. The first kappa shape index (κ1) is 21.3. The first-order valence-electron chi connectivity index (χ1n) is 9.51. The lowest BCUT2D eigenvalue weighted by Gasteiger charge is -2.33. The number of rotatable bonds is 4. The number of methoxy groups -OCH3 is 1. The Bertz CT molecular complexity index is 1280. The van der Waals surface area contributed by atoms with E-state index >= 15 is 0 Å². The van der Waals surface area contributed by atoms with Gasteiger partial charge in [-0.2, -0.15) is 14.6 Å². The molecular weight excluding hydrogens is 444 g/mol. The van der Waals surface area contributed by atoms with Crippen LogP contribution in [0.3, 0.4) is 0 Å². The number of amides is 1. The number of piperidine rings is 1. The number of hydrogen-bond acceptors (Lipinski definition) is 8. The van der Waals surface area contributed by atoms with Crippen molar-refractivity contribution >= 4 is 38.8 Å². The highest BCUT2D eigenvalue weighted by Crippen LogP contribution is 2.34. The molecule has 1 amide bonds. The van der Waals surface area contributed by atoms with Crippen molar-refractivity contribution in [3.8, 4) is 5.75 Å². The van der Waals surface area contributed by atoms with Gasteiger partial charge in [0.1, 0.15) is 17.0 Å². The van der Waals surface area contributed by atoms with Crippen LogP contribution in [-0.4, -0.2) is 65.3 Å². The monoisotopic (exact) mass is 464 g/mol. The third kappa shape index (κ3) is 3.90. The first-order chi connectivity index (χ1) is 14.7. The van der Waals surface area contributed by atoms with Gasteiger partial charge in [0.05, 0.1) is 35.3 Å². The van der Waals surface area contributed by atoms with Gasteiger partial charge in [0.2, 0.25) is 0 Å². The number of ether oxygens (including phenoxy) is 1. The van der Waals surface area contributed by atoms with Gasteiger partial charge in [-0.05, 0) is 18.9 Å². The molecule has 1 fully saturated rings. The molecule has 0 bridgehead atoms. The van der Waals surface area contributed by atoms with Gasteiger partial charge in [-0.3, -0.25) is 4.79 Å². The van der Waals surface area contributed by atoms with Crippen molar-refractivity contribution in [2.45, 2.75) is 23.7 Å². The molecule has 1 aliphatic rings. The topological polar surface area (TPSA) is 133 Å². The van der Waals surface area contributed by atoms with Crippen LogP contribution in [0, 0.1) is 0 Å². The van der Waals surface area contributed by atoms with Gasteiger partial charge in [0.25, 0.3) is 11.7 Å². The van der Waals surface area contributed by atoms with Crippen LogP contribution in [0.15, 0.2) is 29.6 Å². The highest BCUT2D eigenvalue weighted by molar-refractivity contribution is 7.90. The smallest absolute Gasteiger partial charge is 0.257 e. The highest BCUT2D eigenvalue weighted by Gasteiger charge is 2.32. The number of benzene rings is 1. The normalized spacial score (nSPS) is 17.1. The standard InChI is InChI=1S/C19H21ClN6O4S/c1-30-15-7-14(21)13(20)6-12(15)18(27)25-5-3-4-11(9-25)17-16(31(2,28)29)8-22-19-23-10-24-26(17)19/h6-8,10-11H,3-5,9,21H2,1-2H3/t11-/m0/s1. The molecule has 4 rings (SSSR count). The number of aromatic nitrogens is 4. The van der Waals surface area contributed by atoms with Crippen LogP contribution in [0.25, 0.3) is 5.78 Å². The maximum absolute atomic E-state index is 13.3. The summed E-state index contributed by atoms with van der Waals surface area (Å²) in [5.74, 6) is 0.0874. The molecule has 1 saturated heterocycles. The number of sulfone groups is 1. The summed E-state index contributed by atoms with van der Waals surface area (Å²) in [5.41, 5.74) is 6.92. The van der Waals surface area contributed by atoms with Crippen LogP contribution in [-0.2, 0) is 9.84 Å². The number of nitrogen functional groups attached to an aromatic ring is 1. The number of fused-ring (bicyclic) bond motifs is 1. The van der Waals surface area contributed by atoms with Crippen molar-refractivity contribution in [2.24, 2.45) is 0 Å². The molecule has 10 nitrogen and oxygen atoms in total. The van der Waals surface area contributed by atoms with Crippen molar-refractivity contribution in [1.82, 2.24) is 24.5 Å². The number of anilines is 1. The predicted octanol–water partition coefficient (Wildman–Crippen LogP) is 1.79. The molecule has 2 N–H and O–H groups in total. The van der Waals surface area contributed by atoms with Crippen LogP contribution in [0.1, 0.15) is 34.8 Å². The number of likely N-dealkylation sites (tertiary alicyclic amines) is 1. The van der Waals surface area contributed by atoms with E-state index in [-0.39, 0.29) is 21.7 Å². The predicted molar refractivity (Wildman–Crippen MR) is 114 cm³/mol. The molecular formula is C19H21ClN6O4S. The summed E-state index contributed by atoms with van der Waals surface area (Å²) in [6.07, 6.45) is 5.13. The van der Waals surface area contributed by atoms with Crippen LogP contribution in [0.2, 0.25) is 5.02 Å². The number of nitrogens with zero attached hydrogens (tertiary/aromatic N) is 5. The van der Waals surface area contributed by atoms with E-state index in [1.807, 2.05) is 0 Å². The Morgan fingerprint density at radius 1 is 1.32 bits per heavy atom. The van der Waals surface area contributed by atoms with Crippen molar-refractivity contribution in [1.29, 1.82) is 0 Å². The average Bonchev–Trinajstić information content (AvgIpc) is 3.22. The second-order valence-corrected chi connectivity index (χ2v) is 9.81. The molecule has 12 heteroatoms. The van der Waals surface area contributed by atoms with Crippen LogP contribution < -0.4 is 10.5 Å². The van der Waals surface area contributed by atoms with Gasteiger partial charge in [-0.25, -0.2) is 13.4 Å². The number of halogens is 1. The van der Waals surface area contributed by atoms with E-state index in [0.29, 0.717) is 54.4 Å². The van der Waals surface area contributed by atoms with Crippen molar-refractivity contribution in [3.05, 3.63) is 40.9 Å². The molecule has 1 atom stereocenters. The zero-order valence-electron chi connectivity index (χ0n) is 16.9. The lowest BCUT2D eigenvalue weighted by molar-refractivity contribution is 0.0701. The summed E-state index contributed by atoms with van der Waals surface area (Å²) < 4.78 is 31.6. The Morgan fingerprint density at radius 3 is 2.81 bits per heavy atom. The molecule has 2 aromatic heterocycles. The summed E-state index contributed by atoms with van der Waals surface area (Å²) in [6, 6.07) is 3.01. The third-order valence-corrected chi connectivity index (χ3v) is 6.79. The zero-order chi connectivity index (χ0) is 22.3. The summed E-state index contributed by atoms with van der Waals surface area (Å²) >= 11 is 6.13. The highest BCUT2D eigenvalue weighted by atomic mass is 35.5. The van der Waals surface area contributed by atoms with Gasteiger partial charge in [-0.15, -0.1) is 0 Å². The summed E-state index contributed by atoms with van der Waals surface area (Å²) in [7, 11) is -2.12. The Kier molecular flexibility index (Phi) is 5.48. The number of hydrogen-bond donors (Lipinski definition) is 1. The molecule has 3 aromatic rings. The first-order valence-corrected chi connectivity index (χ1v) is 11.8. The van der Waals surface area contributed by atoms with Crippen LogP contribution in [0.4, 0.5) is 5.69 Å². The minimum atomic E-state index is -3.57. The fourth-order valence-electron chi connectivity index (χ4n) is 3.90. The Hall–Kier alpha value is -2.92. The average molecular weight is 465 g/mol. The van der Waals surface area contributed by atoms with E-state index in [9.17, 15) is 13.2 Å². The quantitative estimate of drug-likeness (QED) is 0.578. The largest absolute Gasteiger partial charge is 0.496 e. The molecule has 3 heterocycles. The fourth-order valence-corrected chi connectivity index (χ4v) is 4.94.